The molecule has 0 radical (unpaired) electrons. The van der Waals surface area contributed by atoms with E-state index in [2.05, 4.69) is 39.5 Å². The third kappa shape index (κ3) is 2.88. The van der Waals surface area contributed by atoms with Crippen LogP contribution in [0.5, 0.6) is 0 Å². The van der Waals surface area contributed by atoms with Crippen molar-refractivity contribution in [1.29, 1.82) is 0 Å². The number of hydrogen-bond donors (Lipinski definition) is 1. The fourth-order valence-electron chi connectivity index (χ4n) is 2.42. The molecule has 1 N–H and O–H groups in total. The van der Waals surface area contributed by atoms with Crippen LogP contribution in [0.1, 0.15) is 11.3 Å². The van der Waals surface area contributed by atoms with Gasteiger partial charge < -0.3 is 10.2 Å². The van der Waals surface area contributed by atoms with Crippen molar-refractivity contribution in [1.82, 2.24) is 10.3 Å². The Balaban J connectivity index is 1.88. The summed E-state index contributed by atoms with van der Waals surface area (Å²) in [7, 11) is 0. The van der Waals surface area contributed by atoms with Gasteiger partial charge in [-0.1, -0.05) is 35.9 Å². The maximum atomic E-state index is 5.95. The van der Waals surface area contributed by atoms with Crippen molar-refractivity contribution in [3.63, 3.8) is 0 Å². The van der Waals surface area contributed by atoms with E-state index in [1.165, 1.54) is 11.3 Å². The quantitative estimate of drug-likeness (QED) is 0.853. The van der Waals surface area contributed by atoms with Gasteiger partial charge in [0.1, 0.15) is 5.15 Å². The zero-order valence-electron chi connectivity index (χ0n) is 10.6. The monoisotopic (exact) mass is 273 g/mol. The average Bonchev–Trinajstić information content (AvgIpc) is 2.62. The van der Waals surface area contributed by atoms with Gasteiger partial charge >= 0.3 is 0 Å². The van der Waals surface area contributed by atoms with Crippen molar-refractivity contribution in [3.05, 3.63) is 58.9 Å². The minimum atomic E-state index is 0.554. The lowest BCUT2D eigenvalue weighted by molar-refractivity contribution is 0.685. The third-order valence-corrected chi connectivity index (χ3v) is 3.54. The Bertz CT molecular complexity index is 571. The van der Waals surface area contributed by atoms with Gasteiger partial charge in [0.2, 0.25) is 0 Å². The number of fused-ring (bicyclic) bond motifs is 1. The van der Waals surface area contributed by atoms with E-state index in [9.17, 15) is 0 Å². The molecule has 0 fully saturated rings. The number of nitrogens with zero attached hydrogens (tertiary/aromatic N) is 2. The largest absolute Gasteiger partial charge is 0.364 e. The van der Waals surface area contributed by atoms with Crippen molar-refractivity contribution in [3.8, 4) is 0 Å². The first-order valence-corrected chi connectivity index (χ1v) is 6.86. The summed E-state index contributed by atoms with van der Waals surface area (Å²) in [5.74, 6) is 0. The summed E-state index contributed by atoms with van der Waals surface area (Å²) in [4.78, 5) is 6.73. The predicted molar refractivity (Wildman–Crippen MR) is 78.4 cm³/mol. The second-order valence-corrected chi connectivity index (χ2v) is 5.07. The SMILES string of the molecule is Clc1cccc(CN2CCNCc3ccccc32)n1. The van der Waals surface area contributed by atoms with Gasteiger partial charge in [-0.15, -0.1) is 0 Å². The van der Waals surface area contributed by atoms with Crippen molar-refractivity contribution in [2.75, 3.05) is 18.0 Å². The zero-order valence-corrected chi connectivity index (χ0v) is 11.4. The Labute approximate surface area is 118 Å². The van der Waals surface area contributed by atoms with Gasteiger partial charge in [0.25, 0.3) is 0 Å². The number of para-hydroxylation sites is 1. The van der Waals surface area contributed by atoms with Crippen molar-refractivity contribution >= 4 is 17.3 Å². The topological polar surface area (TPSA) is 28.2 Å². The molecule has 2 aromatic rings. The molecule has 0 saturated heterocycles. The van der Waals surface area contributed by atoms with Crippen LogP contribution >= 0.6 is 11.6 Å². The van der Waals surface area contributed by atoms with E-state index in [4.69, 9.17) is 11.6 Å². The smallest absolute Gasteiger partial charge is 0.129 e. The molecule has 3 rings (SSSR count). The standard InChI is InChI=1S/C15H16ClN3/c16-15-7-3-5-13(18-15)11-19-9-8-17-10-12-4-1-2-6-14(12)19/h1-7,17H,8-11H2. The second-order valence-electron chi connectivity index (χ2n) is 4.68. The number of pyridine rings is 1. The summed E-state index contributed by atoms with van der Waals surface area (Å²) in [6, 6.07) is 14.3. The fourth-order valence-corrected chi connectivity index (χ4v) is 2.61. The Morgan fingerprint density at radius 3 is 2.95 bits per heavy atom. The molecule has 4 heteroatoms. The highest BCUT2D eigenvalue weighted by Gasteiger charge is 2.15. The number of rotatable bonds is 2. The van der Waals surface area contributed by atoms with Crippen LogP contribution in [0.2, 0.25) is 5.15 Å². The van der Waals surface area contributed by atoms with Crippen molar-refractivity contribution in [2.45, 2.75) is 13.1 Å². The molecule has 2 heterocycles. The Morgan fingerprint density at radius 2 is 2.05 bits per heavy atom. The zero-order chi connectivity index (χ0) is 13.1. The summed E-state index contributed by atoms with van der Waals surface area (Å²) >= 11 is 5.95. The fraction of sp³-hybridized carbons (Fsp3) is 0.267. The van der Waals surface area contributed by atoms with Crippen LogP contribution in [0.15, 0.2) is 42.5 Å². The minimum Gasteiger partial charge on any atom is -0.364 e. The lowest BCUT2D eigenvalue weighted by atomic mass is 10.1. The van der Waals surface area contributed by atoms with Crippen LogP contribution < -0.4 is 10.2 Å². The Hall–Kier alpha value is -1.58. The van der Waals surface area contributed by atoms with Gasteiger partial charge in [-0.05, 0) is 23.8 Å². The van der Waals surface area contributed by atoms with E-state index in [0.29, 0.717) is 5.15 Å². The lowest BCUT2D eigenvalue weighted by Gasteiger charge is -2.24. The van der Waals surface area contributed by atoms with E-state index < -0.39 is 0 Å². The number of benzene rings is 1. The van der Waals surface area contributed by atoms with E-state index in [0.717, 1.165) is 31.9 Å². The first kappa shape index (κ1) is 12.5. The second kappa shape index (κ2) is 5.59. The molecule has 1 aromatic carbocycles. The molecule has 19 heavy (non-hydrogen) atoms. The molecule has 1 aliphatic heterocycles. The van der Waals surface area contributed by atoms with Gasteiger partial charge in [0.05, 0.1) is 12.2 Å². The summed E-state index contributed by atoms with van der Waals surface area (Å²) < 4.78 is 0. The number of aromatic nitrogens is 1. The van der Waals surface area contributed by atoms with Crippen LogP contribution in [-0.2, 0) is 13.1 Å². The molecule has 1 aromatic heterocycles. The number of nitrogens with one attached hydrogen (secondary N) is 1. The number of hydrogen-bond acceptors (Lipinski definition) is 3. The maximum Gasteiger partial charge on any atom is 0.129 e. The lowest BCUT2D eigenvalue weighted by Crippen LogP contribution is -2.28. The van der Waals surface area contributed by atoms with Crippen molar-refractivity contribution in [2.24, 2.45) is 0 Å². The summed E-state index contributed by atoms with van der Waals surface area (Å²) in [5, 5.41) is 4.00. The molecule has 0 saturated carbocycles. The first-order chi connectivity index (χ1) is 9.33. The molecular weight excluding hydrogens is 258 g/mol. The maximum absolute atomic E-state index is 5.95. The van der Waals surface area contributed by atoms with Gasteiger partial charge in [-0.25, -0.2) is 4.98 Å². The van der Waals surface area contributed by atoms with Crippen LogP contribution in [0, 0.1) is 0 Å². The summed E-state index contributed by atoms with van der Waals surface area (Å²) in [5.41, 5.74) is 3.63. The summed E-state index contributed by atoms with van der Waals surface area (Å²) in [6.45, 7) is 3.68. The van der Waals surface area contributed by atoms with Crippen LogP contribution in [0.25, 0.3) is 0 Å². The molecule has 1 aliphatic rings. The summed E-state index contributed by atoms with van der Waals surface area (Å²) in [6.07, 6.45) is 0. The van der Waals surface area contributed by atoms with Crippen LogP contribution in [0.3, 0.4) is 0 Å². The molecule has 0 amide bonds. The molecule has 0 spiro atoms. The highest BCUT2D eigenvalue weighted by atomic mass is 35.5. The normalized spacial score (nSPS) is 14.9. The predicted octanol–water partition coefficient (Wildman–Crippen LogP) is 2.84. The van der Waals surface area contributed by atoms with Gasteiger partial charge in [-0.3, -0.25) is 0 Å². The van der Waals surface area contributed by atoms with Gasteiger partial charge in [0.15, 0.2) is 0 Å². The number of anilines is 1. The minimum absolute atomic E-state index is 0.554. The molecular formula is C15H16ClN3. The van der Waals surface area contributed by atoms with E-state index in [1.54, 1.807) is 0 Å². The molecule has 0 unspecified atom stereocenters. The third-order valence-electron chi connectivity index (χ3n) is 3.33. The van der Waals surface area contributed by atoms with E-state index in [-0.39, 0.29) is 0 Å². The van der Waals surface area contributed by atoms with Crippen LogP contribution in [0.4, 0.5) is 5.69 Å². The van der Waals surface area contributed by atoms with Gasteiger partial charge in [-0.2, -0.15) is 0 Å². The van der Waals surface area contributed by atoms with E-state index >= 15 is 0 Å². The van der Waals surface area contributed by atoms with Crippen molar-refractivity contribution < 1.29 is 0 Å². The Kier molecular flexibility index (Phi) is 3.67. The molecule has 98 valence electrons. The molecule has 3 nitrogen and oxygen atoms in total. The Morgan fingerprint density at radius 1 is 1.16 bits per heavy atom. The average molecular weight is 274 g/mol. The highest BCUT2D eigenvalue weighted by molar-refractivity contribution is 6.29. The molecule has 0 aliphatic carbocycles. The highest BCUT2D eigenvalue weighted by Crippen LogP contribution is 2.23. The molecule has 0 atom stereocenters. The van der Waals surface area contributed by atoms with Gasteiger partial charge in [0, 0.05) is 25.3 Å². The first-order valence-electron chi connectivity index (χ1n) is 6.48. The van der Waals surface area contributed by atoms with Crippen LogP contribution in [-0.4, -0.2) is 18.1 Å². The number of halogens is 1. The molecule has 0 bridgehead atoms. The van der Waals surface area contributed by atoms with E-state index in [1.807, 2.05) is 18.2 Å².